The van der Waals surface area contributed by atoms with Crippen LogP contribution in [0.25, 0.3) is 0 Å². The van der Waals surface area contributed by atoms with Gasteiger partial charge in [-0.3, -0.25) is 4.79 Å². The standard InChI is InChI=1S/C12H17N3O3/c1-4-9-8(6-7(3)14-15-9)11(16)13-10(5-2)12(17)18/h6,10H,4-5H2,1-3H3,(H,13,16)(H,17,18)/t10-/m1/s1. The second-order valence-electron chi connectivity index (χ2n) is 3.97. The summed E-state index contributed by atoms with van der Waals surface area (Å²) in [7, 11) is 0. The number of carbonyl (C=O) groups excluding carboxylic acids is 1. The highest BCUT2D eigenvalue weighted by Gasteiger charge is 2.20. The van der Waals surface area contributed by atoms with Crippen molar-refractivity contribution in [3.05, 3.63) is 23.0 Å². The van der Waals surface area contributed by atoms with Gasteiger partial charge < -0.3 is 10.4 Å². The lowest BCUT2D eigenvalue weighted by molar-refractivity contribution is -0.139. The van der Waals surface area contributed by atoms with E-state index in [0.717, 1.165) is 0 Å². The van der Waals surface area contributed by atoms with E-state index in [4.69, 9.17) is 5.11 Å². The average molecular weight is 251 g/mol. The molecule has 1 heterocycles. The molecule has 1 aromatic heterocycles. The van der Waals surface area contributed by atoms with Crippen molar-refractivity contribution in [2.45, 2.75) is 39.7 Å². The molecule has 1 atom stereocenters. The van der Waals surface area contributed by atoms with Gasteiger partial charge in [-0.25, -0.2) is 4.79 Å². The first-order valence-corrected chi connectivity index (χ1v) is 5.86. The summed E-state index contributed by atoms with van der Waals surface area (Å²) in [6, 6.07) is 0.742. The lowest BCUT2D eigenvalue weighted by Gasteiger charge is -2.13. The van der Waals surface area contributed by atoms with Gasteiger partial charge in [0.2, 0.25) is 0 Å². The third kappa shape index (κ3) is 3.26. The van der Waals surface area contributed by atoms with Crippen LogP contribution in [-0.2, 0) is 11.2 Å². The molecule has 6 heteroatoms. The van der Waals surface area contributed by atoms with Crippen LogP contribution in [0.4, 0.5) is 0 Å². The third-order valence-corrected chi connectivity index (χ3v) is 2.58. The van der Waals surface area contributed by atoms with E-state index in [2.05, 4.69) is 15.5 Å². The maximum Gasteiger partial charge on any atom is 0.326 e. The minimum atomic E-state index is -1.04. The van der Waals surface area contributed by atoms with Gasteiger partial charge in [-0.2, -0.15) is 10.2 Å². The van der Waals surface area contributed by atoms with Crippen molar-refractivity contribution in [3.8, 4) is 0 Å². The summed E-state index contributed by atoms with van der Waals surface area (Å²) in [4.78, 5) is 22.9. The van der Waals surface area contributed by atoms with Gasteiger partial charge in [-0.1, -0.05) is 13.8 Å². The number of hydrogen-bond acceptors (Lipinski definition) is 4. The average Bonchev–Trinajstić information content (AvgIpc) is 2.35. The number of nitrogens with zero attached hydrogens (tertiary/aromatic N) is 2. The first-order valence-electron chi connectivity index (χ1n) is 5.86. The van der Waals surface area contributed by atoms with E-state index in [0.29, 0.717) is 29.8 Å². The van der Waals surface area contributed by atoms with E-state index in [1.807, 2.05) is 6.92 Å². The minimum absolute atomic E-state index is 0.333. The Morgan fingerprint density at radius 1 is 1.39 bits per heavy atom. The Labute approximate surface area is 105 Å². The summed E-state index contributed by atoms with van der Waals surface area (Å²) in [6.45, 7) is 5.30. The molecule has 18 heavy (non-hydrogen) atoms. The molecule has 0 radical (unpaired) electrons. The Morgan fingerprint density at radius 3 is 2.56 bits per heavy atom. The largest absolute Gasteiger partial charge is 0.480 e. The molecule has 0 saturated carbocycles. The van der Waals surface area contributed by atoms with Crippen LogP contribution in [0.1, 0.15) is 42.0 Å². The number of carboxylic acids is 1. The molecule has 0 saturated heterocycles. The molecule has 0 aliphatic carbocycles. The van der Waals surface area contributed by atoms with Crippen molar-refractivity contribution in [3.63, 3.8) is 0 Å². The van der Waals surface area contributed by atoms with E-state index in [9.17, 15) is 9.59 Å². The molecule has 0 aliphatic heterocycles. The zero-order chi connectivity index (χ0) is 13.7. The number of nitrogens with one attached hydrogen (secondary N) is 1. The lowest BCUT2D eigenvalue weighted by atomic mass is 10.1. The smallest absolute Gasteiger partial charge is 0.326 e. The Hall–Kier alpha value is -1.98. The highest BCUT2D eigenvalue weighted by molar-refractivity contribution is 5.97. The van der Waals surface area contributed by atoms with E-state index in [1.54, 1.807) is 19.9 Å². The summed E-state index contributed by atoms with van der Waals surface area (Å²) in [5, 5.41) is 19.2. The van der Waals surface area contributed by atoms with Gasteiger partial charge in [0.25, 0.3) is 5.91 Å². The van der Waals surface area contributed by atoms with Crippen LogP contribution >= 0.6 is 0 Å². The van der Waals surface area contributed by atoms with Gasteiger partial charge in [0.05, 0.1) is 17.0 Å². The minimum Gasteiger partial charge on any atom is -0.480 e. The van der Waals surface area contributed by atoms with Crippen molar-refractivity contribution in [1.29, 1.82) is 0 Å². The normalized spacial score (nSPS) is 11.9. The number of aryl methyl sites for hydroxylation is 2. The molecule has 6 nitrogen and oxygen atoms in total. The van der Waals surface area contributed by atoms with Gasteiger partial charge in [0, 0.05) is 0 Å². The second kappa shape index (κ2) is 6.09. The Balaban J connectivity index is 2.96. The van der Waals surface area contributed by atoms with Crippen LogP contribution in [0, 0.1) is 6.92 Å². The molecule has 0 bridgehead atoms. The Kier molecular flexibility index (Phi) is 4.76. The van der Waals surface area contributed by atoms with Crippen molar-refractivity contribution < 1.29 is 14.7 Å². The molecule has 0 spiro atoms. The number of rotatable bonds is 5. The number of aromatic nitrogens is 2. The quantitative estimate of drug-likeness (QED) is 0.812. The first kappa shape index (κ1) is 14.1. The van der Waals surface area contributed by atoms with Crippen molar-refractivity contribution in [2.24, 2.45) is 0 Å². The molecule has 2 N–H and O–H groups in total. The highest BCUT2D eigenvalue weighted by atomic mass is 16.4. The Morgan fingerprint density at radius 2 is 2.06 bits per heavy atom. The first-order chi connectivity index (χ1) is 8.49. The third-order valence-electron chi connectivity index (χ3n) is 2.58. The summed E-state index contributed by atoms with van der Waals surface area (Å²) < 4.78 is 0. The summed E-state index contributed by atoms with van der Waals surface area (Å²) in [5.41, 5.74) is 1.59. The molecule has 1 aromatic rings. The summed E-state index contributed by atoms with van der Waals surface area (Å²) >= 11 is 0. The molecule has 0 aromatic carbocycles. The molecular weight excluding hydrogens is 234 g/mol. The van der Waals surface area contributed by atoms with Crippen LogP contribution in [-0.4, -0.2) is 33.2 Å². The van der Waals surface area contributed by atoms with Crippen LogP contribution in [0.2, 0.25) is 0 Å². The number of carboxylic acid groups (broad SMARTS) is 1. The van der Waals surface area contributed by atoms with Crippen LogP contribution < -0.4 is 5.32 Å². The molecule has 98 valence electrons. The Bertz CT molecular complexity index is 460. The zero-order valence-corrected chi connectivity index (χ0v) is 10.7. The molecule has 0 fully saturated rings. The van der Waals surface area contributed by atoms with Gasteiger partial charge in [-0.05, 0) is 25.8 Å². The maximum absolute atomic E-state index is 12.0. The van der Waals surface area contributed by atoms with E-state index < -0.39 is 17.9 Å². The fraction of sp³-hybridized carbons (Fsp3) is 0.500. The summed E-state index contributed by atoms with van der Waals surface area (Å²) in [6.07, 6.45) is 0.903. The number of hydrogen-bond donors (Lipinski definition) is 2. The predicted molar refractivity (Wildman–Crippen MR) is 65.3 cm³/mol. The van der Waals surface area contributed by atoms with Gasteiger partial charge in [0.15, 0.2) is 0 Å². The van der Waals surface area contributed by atoms with Gasteiger partial charge in [0.1, 0.15) is 6.04 Å². The molecule has 0 aliphatic rings. The van der Waals surface area contributed by atoms with E-state index >= 15 is 0 Å². The topological polar surface area (TPSA) is 92.2 Å². The molecular formula is C12H17N3O3. The number of amides is 1. The highest BCUT2D eigenvalue weighted by Crippen LogP contribution is 2.08. The fourth-order valence-electron chi connectivity index (χ4n) is 1.55. The second-order valence-corrected chi connectivity index (χ2v) is 3.97. The molecule has 1 amide bonds. The van der Waals surface area contributed by atoms with Crippen LogP contribution in [0.3, 0.4) is 0 Å². The van der Waals surface area contributed by atoms with E-state index in [-0.39, 0.29) is 0 Å². The predicted octanol–water partition coefficient (Wildman–Crippen LogP) is 0.940. The zero-order valence-electron chi connectivity index (χ0n) is 10.7. The maximum atomic E-state index is 12.0. The molecule has 0 unspecified atom stereocenters. The lowest BCUT2D eigenvalue weighted by Crippen LogP contribution is -2.40. The molecule has 1 rings (SSSR count). The monoisotopic (exact) mass is 251 g/mol. The van der Waals surface area contributed by atoms with Gasteiger partial charge >= 0.3 is 5.97 Å². The van der Waals surface area contributed by atoms with Crippen molar-refractivity contribution in [2.75, 3.05) is 0 Å². The van der Waals surface area contributed by atoms with E-state index in [1.165, 1.54) is 0 Å². The number of carbonyl (C=O) groups is 2. The van der Waals surface area contributed by atoms with Crippen LogP contribution in [0.15, 0.2) is 6.07 Å². The van der Waals surface area contributed by atoms with Crippen LogP contribution in [0.5, 0.6) is 0 Å². The fourth-order valence-corrected chi connectivity index (χ4v) is 1.55. The number of aliphatic carboxylic acids is 1. The van der Waals surface area contributed by atoms with Crippen molar-refractivity contribution in [1.82, 2.24) is 15.5 Å². The van der Waals surface area contributed by atoms with Gasteiger partial charge in [-0.15, -0.1) is 0 Å². The SMILES string of the molecule is CCc1nnc(C)cc1C(=O)N[C@H](CC)C(=O)O. The summed E-state index contributed by atoms with van der Waals surface area (Å²) in [5.74, 6) is -1.46. The van der Waals surface area contributed by atoms with Crippen molar-refractivity contribution >= 4 is 11.9 Å².